The molecule has 7 nitrogen and oxygen atoms in total. The molecule has 0 bridgehead atoms. The molecule has 148 valence electrons. The van der Waals surface area contributed by atoms with E-state index in [2.05, 4.69) is 52.0 Å². The SMILES string of the molecule is CCOCn1cc(NC(=S)Nc2c(C)nn(Cc3ccc(C)cc3)c2C)cn1. The van der Waals surface area contributed by atoms with Crippen molar-refractivity contribution in [2.75, 3.05) is 17.2 Å². The lowest BCUT2D eigenvalue weighted by molar-refractivity contribution is 0.0792. The monoisotopic (exact) mass is 398 g/mol. The third kappa shape index (κ3) is 4.96. The number of aryl methyl sites for hydroxylation is 2. The molecule has 0 aliphatic heterocycles. The van der Waals surface area contributed by atoms with Crippen LogP contribution in [0.15, 0.2) is 36.7 Å². The Hall–Kier alpha value is -2.71. The fourth-order valence-corrected chi connectivity index (χ4v) is 3.08. The van der Waals surface area contributed by atoms with Crippen molar-refractivity contribution < 1.29 is 4.74 Å². The van der Waals surface area contributed by atoms with Crippen molar-refractivity contribution in [3.8, 4) is 0 Å². The van der Waals surface area contributed by atoms with Crippen molar-refractivity contribution in [3.05, 3.63) is 59.2 Å². The van der Waals surface area contributed by atoms with Gasteiger partial charge >= 0.3 is 0 Å². The third-order valence-electron chi connectivity index (χ3n) is 4.39. The van der Waals surface area contributed by atoms with Crippen molar-refractivity contribution in [1.82, 2.24) is 19.6 Å². The number of rotatable bonds is 7. The van der Waals surface area contributed by atoms with Crippen LogP contribution in [0.3, 0.4) is 0 Å². The van der Waals surface area contributed by atoms with E-state index >= 15 is 0 Å². The summed E-state index contributed by atoms with van der Waals surface area (Å²) in [6.45, 7) is 9.84. The van der Waals surface area contributed by atoms with Crippen molar-refractivity contribution in [3.63, 3.8) is 0 Å². The highest BCUT2D eigenvalue weighted by Gasteiger charge is 2.13. The van der Waals surface area contributed by atoms with E-state index in [1.165, 1.54) is 11.1 Å². The summed E-state index contributed by atoms with van der Waals surface area (Å²) in [6.07, 6.45) is 3.57. The van der Waals surface area contributed by atoms with Gasteiger partial charge in [-0.3, -0.25) is 4.68 Å². The highest BCUT2D eigenvalue weighted by Crippen LogP contribution is 2.21. The van der Waals surface area contributed by atoms with E-state index in [0.717, 1.165) is 29.3 Å². The Morgan fingerprint density at radius 2 is 1.89 bits per heavy atom. The first-order valence-electron chi connectivity index (χ1n) is 9.24. The Morgan fingerprint density at radius 3 is 2.61 bits per heavy atom. The topological polar surface area (TPSA) is 68.9 Å². The van der Waals surface area contributed by atoms with Gasteiger partial charge in [0.2, 0.25) is 0 Å². The third-order valence-corrected chi connectivity index (χ3v) is 4.60. The molecule has 8 heteroatoms. The zero-order chi connectivity index (χ0) is 20.1. The number of thiocarbonyl (C=S) groups is 1. The lowest BCUT2D eigenvalue weighted by Crippen LogP contribution is -2.19. The van der Waals surface area contributed by atoms with Crippen LogP contribution in [0.2, 0.25) is 0 Å². The average molecular weight is 399 g/mol. The van der Waals surface area contributed by atoms with Crippen LogP contribution in [-0.4, -0.2) is 31.3 Å². The van der Waals surface area contributed by atoms with Crippen LogP contribution in [-0.2, 0) is 18.0 Å². The number of nitrogens with one attached hydrogen (secondary N) is 2. The molecule has 0 radical (unpaired) electrons. The average Bonchev–Trinajstić information content (AvgIpc) is 3.21. The number of aromatic nitrogens is 4. The normalized spacial score (nSPS) is 10.9. The minimum absolute atomic E-state index is 0.419. The number of benzene rings is 1. The molecule has 0 unspecified atom stereocenters. The van der Waals surface area contributed by atoms with Gasteiger partial charge < -0.3 is 15.4 Å². The van der Waals surface area contributed by atoms with Crippen LogP contribution in [0.1, 0.15) is 29.4 Å². The van der Waals surface area contributed by atoms with Gasteiger partial charge in [-0.25, -0.2) is 4.68 Å². The maximum absolute atomic E-state index is 5.46. The van der Waals surface area contributed by atoms with Gasteiger partial charge in [-0.1, -0.05) is 29.8 Å². The van der Waals surface area contributed by atoms with E-state index in [1.54, 1.807) is 10.9 Å². The Balaban J connectivity index is 1.65. The number of nitrogens with zero attached hydrogens (tertiary/aromatic N) is 4. The fraction of sp³-hybridized carbons (Fsp3) is 0.350. The van der Waals surface area contributed by atoms with Crippen LogP contribution in [0, 0.1) is 20.8 Å². The van der Waals surface area contributed by atoms with Gasteiger partial charge in [-0.2, -0.15) is 10.2 Å². The van der Waals surface area contributed by atoms with Crippen LogP contribution in [0.4, 0.5) is 11.4 Å². The highest BCUT2D eigenvalue weighted by molar-refractivity contribution is 7.80. The Kier molecular flexibility index (Phi) is 6.43. The van der Waals surface area contributed by atoms with Gasteiger partial charge in [-0.05, 0) is 45.5 Å². The molecule has 0 atom stereocenters. The van der Waals surface area contributed by atoms with Gasteiger partial charge in [0.15, 0.2) is 5.11 Å². The second-order valence-corrected chi connectivity index (χ2v) is 7.07. The minimum atomic E-state index is 0.419. The second kappa shape index (κ2) is 8.99. The molecule has 0 saturated heterocycles. The summed E-state index contributed by atoms with van der Waals surface area (Å²) < 4.78 is 9.04. The largest absolute Gasteiger partial charge is 0.360 e. The molecule has 2 aromatic heterocycles. The van der Waals surface area contributed by atoms with Gasteiger partial charge in [0.1, 0.15) is 6.73 Å². The quantitative estimate of drug-likeness (QED) is 0.589. The fourth-order valence-electron chi connectivity index (χ4n) is 2.86. The molecular formula is C20H26N6OS. The summed E-state index contributed by atoms with van der Waals surface area (Å²) >= 11 is 5.46. The molecular weight excluding hydrogens is 372 g/mol. The Labute approximate surface area is 170 Å². The zero-order valence-corrected chi connectivity index (χ0v) is 17.5. The van der Waals surface area contributed by atoms with Crippen molar-refractivity contribution in [2.24, 2.45) is 0 Å². The summed E-state index contributed by atoms with van der Waals surface area (Å²) in [5.74, 6) is 0. The molecule has 3 rings (SSSR count). The van der Waals surface area contributed by atoms with E-state index in [-0.39, 0.29) is 0 Å². The second-order valence-electron chi connectivity index (χ2n) is 6.66. The van der Waals surface area contributed by atoms with E-state index in [0.29, 0.717) is 18.5 Å². The molecule has 28 heavy (non-hydrogen) atoms. The number of anilines is 2. The van der Waals surface area contributed by atoms with E-state index in [4.69, 9.17) is 17.0 Å². The highest BCUT2D eigenvalue weighted by atomic mass is 32.1. The van der Waals surface area contributed by atoms with Crippen LogP contribution < -0.4 is 10.6 Å². The molecule has 0 aliphatic rings. The first-order valence-corrected chi connectivity index (χ1v) is 9.65. The zero-order valence-electron chi connectivity index (χ0n) is 16.7. The van der Waals surface area contributed by atoms with E-state index in [1.807, 2.05) is 31.6 Å². The van der Waals surface area contributed by atoms with E-state index < -0.39 is 0 Å². The van der Waals surface area contributed by atoms with Crippen molar-refractivity contribution >= 4 is 28.7 Å². The number of hydrogen-bond donors (Lipinski definition) is 2. The summed E-state index contributed by atoms with van der Waals surface area (Å²) in [7, 11) is 0. The smallest absolute Gasteiger partial charge is 0.175 e. The first kappa shape index (κ1) is 20.0. The van der Waals surface area contributed by atoms with Gasteiger partial charge in [-0.15, -0.1) is 0 Å². The molecule has 0 saturated carbocycles. The molecule has 3 aromatic rings. The molecule has 2 heterocycles. The summed E-state index contributed by atoms with van der Waals surface area (Å²) in [5.41, 5.74) is 6.13. The maximum atomic E-state index is 5.46. The van der Waals surface area contributed by atoms with Gasteiger partial charge in [0.05, 0.1) is 41.7 Å². The lowest BCUT2D eigenvalue weighted by atomic mass is 10.1. The van der Waals surface area contributed by atoms with Gasteiger partial charge in [0, 0.05) is 6.61 Å². The van der Waals surface area contributed by atoms with Crippen molar-refractivity contribution in [1.29, 1.82) is 0 Å². The lowest BCUT2D eigenvalue weighted by Gasteiger charge is -2.10. The summed E-state index contributed by atoms with van der Waals surface area (Å²) in [6, 6.07) is 8.49. The number of ether oxygens (including phenoxy) is 1. The molecule has 1 aromatic carbocycles. The van der Waals surface area contributed by atoms with Crippen molar-refractivity contribution in [2.45, 2.75) is 41.0 Å². The first-order chi connectivity index (χ1) is 13.5. The predicted molar refractivity (Wildman–Crippen MR) is 116 cm³/mol. The Morgan fingerprint density at radius 1 is 1.14 bits per heavy atom. The maximum Gasteiger partial charge on any atom is 0.175 e. The molecule has 0 fully saturated rings. The van der Waals surface area contributed by atoms with Gasteiger partial charge in [0.25, 0.3) is 0 Å². The molecule has 2 N–H and O–H groups in total. The van der Waals surface area contributed by atoms with E-state index in [9.17, 15) is 0 Å². The molecule has 0 amide bonds. The predicted octanol–water partition coefficient (Wildman–Crippen LogP) is 3.86. The number of hydrogen-bond acceptors (Lipinski definition) is 4. The molecule has 0 spiro atoms. The minimum Gasteiger partial charge on any atom is -0.360 e. The summed E-state index contributed by atoms with van der Waals surface area (Å²) in [5, 5.41) is 15.8. The molecule has 0 aliphatic carbocycles. The van der Waals surface area contributed by atoms with Crippen LogP contribution in [0.25, 0.3) is 0 Å². The summed E-state index contributed by atoms with van der Waals surface area (Å²) in [4.78, 5) is 0. The standard InChI is InChI=1S/C20H26N6OS/c1-5-27-13-25-12-18(10-21-25)22-20(28)23-19-15(3)24-26(16(19)4)11-17-8-6-14(2)7-9-17/h6-10,12H,5,11,13H2,1-4H3,(H2,22,23,28). The Bertz CT molecular complexity index is 944. The van der Waals surface area contributed by atoms with Crippen LogP contribution >= 0.6 is 12.2 Å². The van der Waals surface area contributed by atoms with Crippen LogP contribution in [0.5, 0.6) is 0 Å².